The summed E-state index contributed by atoms with van der Waals surface area (Å²) in [6.45, 7) is 1.48. The summed E-state index contributed by atoms with van der Waals surface area (Å²) in [6.07, 6.45) is -4.91. The first-order valence-electron chi connectivity index (χ1n) is 2.41. The minimum Gasteiger partial charge on any atom is -0.417 e. The van der Waals surface area contributed by atoms with Gasteiger partial charge in [0.2, 0.25) is 9.76 Å². The molecular formula is C4H7F3OSi. The van der Waals surface area contributed by atoms with Gasteiger partial charge in [0.25, 0.3) is 0 Å². The van der Waals surface area contributed by atoms with Crippen LogP contribution in [0.15, 0.2) is 0 Å². The van der Waals surface area contributed by atoms with Gasteiger partial charge in [0.15, 0.2) is 0 Å². The third-order valence-electron chi connectivity index (χ3n) is 0.632. The molecule has 0 aliphatic heterocycles. The average Bonchev–Trinajstić information content (AvgIpc) is 1.63. The van der Waals surface area contributed by atoms with E-state index in [4.69, 9.17) is 0 Å². The van der Waals surface area contributed by atoms with Gasteiger partial charge in [0.1, 0.15) is 0 Å². The number of hydrogen-bond donors (Lipinski definition) is 0. The third-order valence-corrected chi connectivity index (χ3v) is 1.12. The molecule has 0 unspecified atom stereocenters. The SMILES string of the molecule is C[Si]OCCC(F)(F)F. The average molecular weight is 156 g/mol. The monoisotopic (exact) mass is 156 g/mol. The van der Waals surface area contributed by atoms with Crippen molar-refractivity contribution in [3.05, 3.63) is 0 Å². The summed E-state index contributed by atoms with van der Waals surface area (Å²) in [5.74, 6) is 0. The molecule has 9 heavy (non-hydrogen) atoms. The lowest BCUT2D eigenvalue weighted by atomic mass is 10.5. The number of halogens is 3. The summed E-state index contributed by atoms with van der Waals surface area (Å²) in [7, 11) is 0.144. The van der Waals surface area contributed by atoms with E-state index >= 15 is 0 Å². The smallest absolute Gasteiger partial charge is 0.391 e. The standard InChI is InChI=1S/C4H7F3OSi/c1-9-8-3-2-4(5,6)7/h2-3H2,1H3. The molecule has 1 nitrogen and oxygen atoms in total. The van der Waals surface area contributed by atoms with Crippen LogP contribution >= 0.6 is 0 Å². The zero-order chi connectivity index (χ0) is 7.33. The van der Waals surface area contributed by atoms with E-state index in [0.29, 0.717) is 0 Å². The number of rotatable bonds is 3. The first kappa shape index (κ1) is 8.97. The molecule has 2 radical (unpaired) electrons. The summed E-state index contributed by atoms with van der Waals surface area (Å²) in [6, 6.07) is 0. The van der Waals surface area contributed by atoms with Crippen LogP contribution in [0.3, 0.4) is 0 Å². The van der Waals surface area contributed by atoms with Gasteiger partial charge in [0, 0.05) is 6.61 Å². The third kappa shape index (κ3) is 7.97. The molecule has 0 saturated carbocycles. The van der Waals surface area contributed by atoms with E-state index in [2.05, 4.69) is 4.43 Å². The van der Waals surface area contributed by atoms with Gasteiger partial charge in [-0.05, 0) is 6.55 Å². The highest BCUT2D eigenvalue weighted by molar-refractivity contribution is 6.24. The molecule has 0 aliphatic carbocycles. The van der Waals surface area contributed by atoms with E-state index < -0.39 is 12.6 Å². The molecule has 54 valence electrons. The van der Waals surface area contributed by atoms with Gasteiger partial charge in [0.05, 0.1) is 6.42 Å². The number of alkyl halides is 3. The second-order valence-electron chi connectivity index (χ2n) is 1.42. The Bertz CT molecular complexity index is 72.7. The van der Waals surface area contributed by atoms with Crippen molar-refractivity contribution in [1.82, 2.24) is 0 Å². The van der Waals surface area contributed by atoms with Crippen molar-refractivity contribution in [2.45, 2.75) is 19.1 Å². The van der Waals surface area contributed by atoms with Crippen molar-refractivity contribution in [3.63, 3.8) is 0 Å². The Morgan fingerprint density at radius 3 is 2.33 bits per heavy atom. The molecule has 0 aromatic rings. The van der Waals surface area contributed by atoms with Crippen molar-refractivity contribution in [2.75, 3.05) is 6.61 Å². The molecule has 0 bridgehead atoms. The molecule has 0 aromatic heterocycles. The lowest BCUT2D eigenvalue weighted by Crippen LogP contribution is -2.11. The molecule has 0 spiro atoms. The Morgan fingerprint density at radius 1 is 1.44 bits per heavy atom. The van der Waals surface area contributed by atoms with Crippen molar-refractivity contribution in [3.8, 4) is 0 Å². The summed E-state index contributed by atoms with van der Waals surface area (Å²) in [5, 5.41) is 0. The molecule has 0 aromatic carbocycles. The van der Waals surface area contributed by atoms with Crippen LogP contribution in [0.1, 0.15) is 6.42 Å². The lowest BCUT2D eigenvalue weighted by Gasteiger charge is -2.04. The quantitative estimate of drug-likeness (QED) is 0.445. The second kappa shape index (κ2) is 3.89. The van der Waals surface area contributed by atoms with Crippen LogP contribution in [-0.4, -0.2) is 22.5 Å². The minimum atomic E-state index is -4.07. The maximum Gasteiger partial charge on any atom is 0.391 e. The molecule has 0 rings (SSSR count). The zero-order valence-corrected chi connectivity index (χ0v) is 5.96. The molecule has 5 heteroatoms. The lowest BCUT2D eigenvalue weighted by molar-refractivity contribution is -0.139. The molecule has 0 aliphatic rings. The Kier molecular flexibility index (Phi) is 3.88. The Balaban J connectivity index is 3.07. The summed E-state index contributed by atoms with van der Waals surface area (Å²) in [4.78, 5) is 0. The molecule has 0 amide bonds. The maximum atomic E-state index is 11.3. The topological polar surface area (TPSA) is 9.23 Å². The highest BCUT2D eigenvalue weighted by Gasteiger charge is 2.25. The predicted molar refractivity (Wildman–Crippen MR) is 28.2 cm³/mol. The first-order valence-corrected chi connectivity index (χ1v) is 3.82. The van der Waals surface area contributed by atoms with Gasteiger partial charge in [-0.15, -0.1) is 0 Å². The summed E-state index contributed by atoms with van der Waals surface area (Å²) >= 11 is 0. The maximum absolute atomic E-state index is 11.3. The minimum absolute atomic E-state index is 0.144. The normalized spacial score (nSPS) is 12.0. The van der Waals surface area contributed by atoms with E-state index in [-0.39, 0.29) is 16.4 Å². The number of hydrogen-bond acceptors (Lipinski definition) is 1. The van der Waals surface area contributed by atoms with Crippen molar-refractivity contribution in [1.29, 1.82) is 0 Å². The fraction of sp³-hybridized carbons (Fsp3) is 1.00. The van der Waals surface area contributed by atoms with Crippen LogP contribution in [0.4, 0.5) is 13.2 Å². The largest absolute Gasteiger partial charge is 0.417 e. The second-order valence-corrected chi connectivity index (χ2v) is 2.11. The van der Waals surface area contributed by atoms with Gasteiger partial charge in [-0.1, -0.05) is 0 Å². The van der Waals surface area contributed by atoms with Gasteiger partial charge < -0.3 is 4.43 Å². The van der Waals surface area contributed by atoms with Gasteiger partial charge in [-0.2, -0.15) is 13.2 Å². The highest BCUT2D eigenvalue weighted by atomic mass is 28.2. The van der Waals surface area contributed by atoms with Crippen LogP contribution in [0.25, 0.3) is 0 Å². The van der Waals surface area contributed by atoms with Gasteiger partial charge >= 0.3 is 6.18 Å². The van der Waals surface area contributed by atoms with Gasteiger partial charge in [-0.25, -0.2) is 0 Å². The molecule has 0 atom stereocenters. The van der Waals surface area contributed by atoms with E-state index in [0.717, 1.165) is 0 Å². The summed E-state index contributed by atoms with van der Waals surface area (Å²) < 4.78 is 38.4. The van der Waals surface area contributed by atoms with E-state index in [9.17, 15) is 13.2 Å². The fourth-order valence-corrected chi connectivity index (χ4v) is 0.575. The van der Waals surface area contributed by atoms with E-state index in [1.165, 1.54) is 0 Å². The summed E-state index contributed by atoms with van der Waals surface area (Å²) in [5.41, 5.74) is 0. The molecular weight excluding hydrogens is 149 g/mol. The first-order chi connectivity index (χ1) is 4.06. The molecule has 0 heterocycles. The Morgan fingerprint density at radius 2 is 2.00 bits per heavy atom. The zero-order valence-electron chi connectivity index (χ0n) is 4.96. The van der Waals surface area contributed by atoms with Gasteiger partial charge in [-0.3, -0.25) is 0 Å². The fourth-order valence-electron chi connectivity index (χ4n) is 0.269. The Hall–Kier alpha value is -0.0331. The highest BCUT2D eigenvalue weighted by Crippen LogP contribution is 2.18. The van der Waals surface area contributed by atoms with Crippen molar-refractivity contribution < 1.29 is 17.6 Å². The predicted octanol–water partition coefficient (Wildman–Crippen LogP) is 1.62. The Labute approximate surface area is 54.1 Å². The van der Waals surface area contributed by atoms with Crippen LogP contribution in [0, 0.1) is 0 Å². The van der Waals surface area contributed by atoms with Crippen LogP contribution in [0.2, 0.25) is 6.55 Å². The van der Waals surface area contributed by atoms with Crippen molar-refractivity contribution >= 4 is 9.76 Å². The molecule has 0 saturated heterocycles. The van der Waals surface area contributed by atoms with Crippen LogP contribution in [-0.2, 0) is 4.43 Å². The molecule has 0 fully saturated rings. The van der Waals surface area contributed by atoms with E-state index in [1.54, 1.807) is 6.55 Å². The van der Waals surface area contributed by atoms with E-state index in [1.807, 2.05) is 0 Å². The van der Waals surface area contributed by atoms with Crippen LogP contribution in [0.5, 0.6) is 0 Å². The molecule has 0 N–H and O–H groups in total. The van der Waals surface area contributed by atoms with Crippen molar-refractivity contribution in [2.24, 2.45) is 0 Å². The van der Waals surface area contributed by atoms with Crippen LogP contribution < -0.4 is 0 Å².